The van der Waals surface area contributed by atoms with Gasteiger partial charge in [-0.3, -0.25) is 0 Å². The second kappa shape index (κ2) is 7.94. The number of hydrogen-bond acceptors (Lipinski definition) is 5. The molecule has 0 unspecified atom stereocenters. The van der Waals surface area contributed by atoms with E-state index in [1.807, 2.05) is 0 Å². The summed E-state index contributed by atoms with van der Waals surface area (Å²) in [6.45, 7) is 11.0. The number of ether oxygens (including phenoxy) is 1. The molecule has 19 heavy (non-hydrogen) atoms. The van der Waals surface area contributed by atoms with Crippen molar-refractivity contribution in [2.24, 2.45) is 0 Å². The average molecular weight is 266 g/mol. The van der Waals surface area contributed by atoms with Crippen molar-refractivity contribution in [3.63, 3.8) is 0 Å². The monoisotopic (exact) mass is 266 g/mol. The molecule has 0 saturated carbocycles. The van der Waals surface area contributed by atoms with Crippen LogP contribution < -0.4 is 10.2 Å². The number of nitrogens with one attached hydrogen (secondary N) is 1. The summed E-state index contributed by atoms with van der Waals surface area (Å²) in [6, 6.07) is 0.379. The Morgan fingerprint density at radius 1 is 1.32 bits per heavy atom. The topological polar surface area (TPSA) is 50.3 Å². The molecule has 0 fully saturated rings. The number of anilines is 2. The fourth-order valence-corrected chi connectivity index (χ4v) is 2.09. The molecular weight excluding hydrogens is 240 g/mol. The van der Waals surface area contributed by atoms with E-state index in [9.17, 15) is 0 Å². The van der Waals surface area contributed by atoms with Crippen LogP contribution >= 0.6 is 0 Å². The lowest BCUT2D eigenvalue weighted by Crippen LogP contribution is -2.35. The molecule has 0 aliphatic heterocycles. The molecule has 0 saturated heterocycles. The van der Waals surface area contributed by atoms with Crippen LogP contribution in [0.15, 0.2) is 6.33 Å². The molecule has 5 nitrogen and oxygen atoms in total. The zero-order valence-electron chi connectivity index (χ0n) is 12.7. The van der Waals surface area contributed by atoms with Gasteiger partial charge >= 0.3 is 0 Å². The van der Waals surface area contributed by atoms with Crippen LogP contribution in [0.5, 0.6) is 0 Å². The van der Waals surface area contributed by atoms with E-state index >= 15 is 0 Å². The SMILES string of the molecule is CCNc1ncnc(N(CCOC)C(C)C)c1CC. The molecule has 1 aromatic heterocycles. The first-order chi connectivity index (χ1) is 9.15. The van der Waals surface area contributed by atoms with Crippen LogP contribution in [0.25, 0.3) is 0 Å². The van der Waals surface area contributed by atoms with E-state index in [2.05, 4.69) is 47.9 Å². The highest BCUT2D eigenvalue weighted by Crippen LogP contribution is 2.25. The Labute approximate surface area is 116 Å². The standard InChI is InChI=1S/C14H26N4O/c1-6-12-13(15-7-2)16-10-17-14(12)18(11(3)4)8-9-19-5/h10-11H,6-9H2,1-5H3,(H,15,16,17). The molecular formula is C14H26N4O. The zero-order valence-corrected chi connectivity index (χ0v) is 12.7. The third-order valence-corrected chi connectivity index (χ3v) is 3.05. The molecule has 108 valence electrons. The molecule has 0 bridgehead atoms. The highest BCUT2D eigenvalue weighted by Gasteiger charge is 2.18. The van der Waals surface area contributed by atoms with Crippen LogP contribution in [0.1, 0.15) is 33.3 Å². The van der Waals surface area contributed by atoms with Crippen LogP contribution in [0, 0.1) is 0 Å². The minimum absolute atomic E-state index is 0.379. The van der Waals surface area contributed by atoms with E-state index < -0.39 is 0 Å². The Balaban J connectivity index is 3.10. The number of aromatic nitrogens is 2. The lowest BCUT2D eigenvalue weighted by atomic mass is 10.1. The maximum atomic E-state index is 5.19. The van der Waals surface area contributed by atoms with Gasteiger partial charge in [0.1, 0.15) is 18.0 Å². The van der Waals surface area contributed by atoms with Gasteiger partial charge in [-0.15, -0.1) is 0 Å². The minimum Gasteiger partial charge on any atom is -0.383 e. The highest BCUT2D eigenvalue weighted by atomic mass is 16.5. The van der Waals surface area contributed by atoms with Crippen molar-refractivity contribution in [1.82, 2.24) is 9.97 Å². The van der Waals surface area contributed by atoms with E-state index in [4.69, 9.17) is 4.74 Å². The summed E-state index contributed by atoms with van der Waals surface area (Å²) < 4.78 is 5.19. The van der Waals surface area contributed by atoms with Crippen LogP contribution in [-0.4, -0.2) is 42.8 Å². The van der Waals surface area contributed by atoms with Crippen molar-refractivity contribution in [2.75, 3.05) is 37.0 Å². The van der Waals surface area contributed by atoms with Crippen molar-refractivity contribution in [2.45, 2.75) is 40.2 Å². The van der Waals surface area contributed by atoms with Crippen molar-refractivity contribution >= 4 is 11.6 Å². The molecule has 5 heteroatoms. The van der Waals surface area contributed by atoms with Crippen molar-refractivity contribution in [1.29, 1.82) is 0 Å². The first-order valence-corrected chi connectivity index (χ1v) is 6.98. The summed E-state index contributed by atoms with van der Waals surface area (Å²) in [5.74, 6) is 1.96. The first-order valence-electron chi connectivity index (χ1n) is 6.98. The fourth-order valence-electron chi connectivity index (χ4n) is 2.09. The lowest BCUT2D eigenvalue weighted by Gasteiger charge is -2.29. The summed E-state index contributed by atoms with van der Waals surface area (Å²) in [6.07, 6.45) is 2.55. The van der Waals surface area contributed by atoms with Crippen LogP contribution in [0.2, 0.25) is 0 Å². The Morgan fingerprint density at radius 3 is 2.58 bits per heavy atom. The molecule has 1 N–H and O–H groups in total. The molecule has 0 aromatic carbocycles. The third kappa shape index (κ3) is 4.06. The Bertz CT molecular complexity index is 382. The van der Waals surface area contributed by atoms with E-state index in [-0.39, 0.29) is 0 Å². The van der Waals surface area contributed by atoms with Gasteiger partial charge in [-0.2, -0.15) is 0 Å². The van der Waals surface area contributed by atoms with Crippen molar-refractivity contribution in [3.05, 3.63) is 11.9 Å². The summed E-state index contributed by atoms with van der Waals surface area (Å²) in [7, 11) is 1.73. The number of nitrogens with zero attached hydrogens (tertiary/aromatic N) is 3. The third-order valence-electron chi connectivity index (χ3n) is 3.05. The van der Waals surface area contributed by atoms with Gasteiger partial charge in [-0.1, -0.05) is 6.92 Å². The summed E-state index contributed by atoms with van der Waals surface area (Å²) in [5, 5.41) is 3.31. The second-order valence-electron chi connectivity index (χ2n) is 4.69. The van der Waals surface area contributed by atoms with E-state index in [1.54, 1.807) is 13.4 Å². The Kier molecular flexibility index (Phi) is 6.56. The Morgan fingerprint density at radius 2 is 2.05 bits per heavy atom. The molecule has 0 spiro atoms. The largest absolute Gasteiger partial charge is 0.383 e. The smallest absolute Gasteiger partial charge is 0.137 e. The predicted octanol–water partition coefficient (Wildman–Crippen LogP) is 2.33. The molecule has 0 aliphatic carbocycles. The zero-order chi connectivity index (χ0) is 14.3. The van der Waals surface area contributed by atoms with E-state index in [0.717, 1.165) is 31.1 Å². The Hall–Kier alpha value is -1.36. The maximum absolute atomic E-state index is 5.19. The van der Waals surface area contributed by atoms with Gasteiger partial charge in [0.05, 0.1) is 6.61 Å². The van der Waals surface area contributed by atoms with Gasteiger partial charge in [0, 0.05) is 31.8 Å². The van der Waals surface area contributed by atoms with E-state index in [1.165, 1.54) is 5.56 Å². The van der Waals surface area contributed by atoms with Gasteiger partial charge in [0.2, 0.25) is 0 Å². The highest BCUT2D eigenvalue weighted by molar-refractivity contribution is 5.59. The van der Waals surface area contributed by atoms with Gasteiger partial charge < -0.3 is 15.0 Å². The lowest BCUT2D eigenvalue weighted by molar-refractivity contribution is 0.203. The number of hydrogen-bond donors (Lipinski definition) is 1. The van der Waals surface area contributed by atoms with Crippen LogP contribution in [0.4, 0.5) is 11.6 Å². The summed E-state index contributed by atoms with van der Waals surface area (Å²) in [4.78, 5) is 11.1. The molecule has 0 radical (unpaired) electrons. The van der Waals surface area contributed by atoms with E-state index in [0.29, 0.717) is 12.6 Å². The normalized spacial score (nSPS) is 10.8. The van der Waals surface area contributed by atoms with Crippen molar-refractivity contribution < 1.29 is 4.74 Å². The van der Waals surface area contributed by atoms with Gasteiger partial charge in [-0.05, 0) is 27.2 Å². The fraction of sp³-hybridized carbons (Fsp3) is 0.714. The number of methoxy groups -OCH3 is 1. The molecule has 1 rings (SSSR count). The van der Waals surface area contributed by atoms with Crippen LogP contribution in [0.3, 0.4) is 0 Å². The van der Waals surface area contributed by atoms with Gasteiger partial charge in [0.25, 0.3) is 0 Å². The van der Waals surface area contributed by atoms with Gasteiger partial charge in [0.15, 0.2) is 0 Å². The van der Waals surface area contributed by atoms with Crippen molar-refractivity contribution in [3.8, 4) is 0 Å². The quantitative estimate of drug-likeness (QED) is 0.782. The molecule has 1 heterocycles. The molecule has 1 aromatic rings. The van der Waals surface area contributed by atoms with Crippen LogP contribution in [-0.2, 0) is 11.2 Å². The average Bonchev–Trinajstić information content (AvgIpc) is 2.39. The first kappa shape index (κ1) is 15.7. The summed E-state index contributed by atoms with van der Waals surface area (Å²) >= 11 is 0. The second-order valence-corrected chi connectivity index (χ2v) is 4.69. The molecule has 0 atom stereocenters. The predicted molar refractivity (Wildman–Crippen MR) is 79.9 cm³/mol. The molecule has 0 amide bonds. The van der Waals surface area contributed by atoms with Gasteiger partial charge in [-0.25, -0.2) is 9.97 Å². The summed E-state index contributed by atoms with van der Waals surface area (Å²) in [5.41, 5.74) is 1.18. The minimum atomic E-state index is 0.379. The molecule has 0 aliphatic rings. The maximum Gasteiger partial charge on any atom is 0.137 e. The number of rotatable bonds is 8.